The molecule has 4 rings (SSSR count). The molecule has 0 saturated heterocycles. The van der Waals surface area contributed by atoms with Gasteiger partial charge in [-0.05, 0) is 48.4 Å². The average Bonchev–Trinajstić information content (AvgIpc) is 3.12. The summed E-state index contributed by atoms with van der Waals surface area (Å²) >= 11 is 0. The van der Waals surface area contributed by atoms with E-state index >= 15 is 0 Å². The molecule has 0 atom stereocenters. The van der Waals surface area contributed by atoms with Crippen LogP contribution in [-0.4, -0.2) is 21.1 Å². The standard InChI is InChI=1S/C23H19N3O2/c1-16-5-7-18(8-6-16)20-14-19-4-2-3-13-26(19)21(20)22(27)23(28)25-15-17-9-11-24-12-10-17/h2-14H,15H2,1H3,(H,25,28). The minimum atomic E-state index is -0.631. The molecule has 5 nitrogen and oxygen atoms in total. The zero-order valence-corrected chi connectivity index (χ0v) is 15.4. The second-order valence-electron chi connectivity index (χ2n) is 6.64. The van der Waals surface area contributed by atoms with Gasteiger partial charge in [-0.3, -0.25) is 14.6 Å². The monoisotopic (exact) mass is 369 g/mol. The van der Waals surface area contributed by atoms with Gasteiger partial charge >= 0.3 is 0 Å². The van der Waals surface area contributed by atoms with Gasteiger partial charge in [0.2, 0.25) is 0 Å². The van der Waals surface area contributed by atoms with Crippen LogP contribution in [0.1, 0.15) is 21.6 Å². The number of pyridine rings is 2. The highest BCUT2D eigenvalue weighted by Crippen LogP contribution is 2.28. The molecule has 3 heterocycles. The highest BCUT2D eigenvalue weighted by atomic mass is 16.2. The summed E-state index contributed by atoms with van der Waals surface area (Å²) in [7, 11) is 0. The van der Waals surface area contributed by atoms with Gasteiger partial charge in [-0.15, -0.1) is 0 Å². The lowest BCUT2D eigenvalue weighted by molar-refractivity contribution is -0.117. The van der Waals surface area contributed by atoms with Crippen LogP contribution in [0.2, 0.25) is 0 Å². The van der Waals surface area contributed by atoms with Crippen LogP contribution in [-0.2, 0) is 11.3 Å². The van der Waals surface area contributed by atoms with Gasteiger partial charge in [0, 0.05) is 36.2 Å². The molecule has 0 bridgehead atoms. The van der Waals surface area contributed by atoms with Crippen LogP contribution in [0.4, 0.5) is 0 Å². The third kappa shape index (κ3) is 3.42. The summed E-state index contributed by atoms with van der Waals surface area (Å²) in [5.41, 5.74) is 4.90. The highest BCUT2D eigenvalue weighted by Gasteiger charge is 2.24. The molecule has 0 fully saturated rings. The third-order valence-electron chi connectivity index (χ3n) is 4.67. The average molecular weight is 369 g/mol. The predicted octanol–water partition coefficient (Wildman–Crippen LogP) is 3.81. The van der Waals surface area contributed by atoms with Gasteiger partial charge < -0.3 is 9.72 Å². The van der Waals surface area contributed by atoms with Crippen LogP contribution < -0.4 is 5.32 Å². The van der Waals surface area contributed by atoms with Crippen molar-refractivity contribution in [2.24, 2.45) is 0 Å². The van der Waals surface area contributed by atoms with Crippen LogP contribution in [0, 0.1) is 6.92 Å². The Morgan fingerprint density at radius 1 is 1.00 bits per heavy atom. The first-order valence-electron chi connectivity index (χ1n) is 9.02. The van der Waals surface area contributed by atoms with E-state index in [0.29, 0.717) is 5.69 Å². The van der Waals surface area contributed by atoms with E-state index in [4.69, 9.17) is 0 Å². The van der Waals surface area contributed by atoms with Crippen molar-refractivity contribution in [3.8, 4) is 11.1 Å². The number of fused-ring (bicyclic) bond motifs is 1. The molecular weight excluding hydrogens is 350 g/mol. The SMILES string of the molecule is Cc1ccc(-c2cc3ccccn3c2C(=O)C(=O)NCc2ccncc2)cc1. The van der Waals surface area contributed by atoms with Crippen molar-refractivity contribution >= 4 is 17.2 Å². The van der Waals surface area contributed by atoms with E-state index in [1.165, 1.54) is 0 Å². The van der Waals surface area contributed by atoms with Gasteiger partial charge in [-0.2, -0.15) is 0 Å². The molecule has 28 heavy (non-hydrogen) atoms. The normalized spacial score (nSPS) is 10.8. The van der Waals surface area contributed by atoms with Gasteiger partial charge in [0.15, 0.2) is 0 Å². The van der Waals surface area contributed by atoms with Crippen molar-refractivity contribution in [1.82, 2.24) is 14.7 Å². The van der Waals surface area contributed by atoms with Crippen molar-refractivity contribution in [3.05, 3.63) is 96.1 Å². The lowest BCUT2D eigenvalue weighted by atomic mass is 10.0. The number of nitrogens with one attached hydrogen (secondary N) is 1. The molecule has 0 aliphatic rings. The number of ketones is 1. The van der Waals surface area contributed by atoms with Gasteiger partial charge in [-0.1, -0.05) is 35.9 Å². The Labute approximate surface area is 162 Å². The van der Waals surface area contributed by atoms with E-state index in [9.17, 15) is 9.59 Å². The maximum Gasteiger partial charge on any atom is 0.294 e. The number of aromatic nitrogens is 2. The van der Waals surface area contributed by atoms with E-state index in [1.807, 2.05) is 55.5 Å². The number of aryl methyl sites for hydroxylation is 1. The molecule has 0 saturated carbocycles. The largest absolute Gasteiger partial charge is 0.345 e. The van der Waals surface area contributed by atoms with Crippen LogP contribution in [0.3, 0.4) is 0 Å². The van der Waals surface area contributed by atoms with Crippen molar-refractivity contribution in [2.45, 2.75) is 13.5 Å². The smallest absolute Gasteiger partial charge is 0.294 e. The summed E-state index contributed by atoms with van der Waals surface area (Å²) in [6.45, 7) is 2.29. The molecular formula is C23H19N3O2. The van der Waals surface area contributed by atoms with E-state index in [-0.39, 0.29) is 6.54 Å². The minimum Gasteiger partial charge on any atom is -0.345 e. The molecule has 4 aromatic rings. The first kappa shape index (κ1) is 17.7. The zero-order valence-electron chi connectivity index (χ0n) is 15.4. The van der Waals surface area contributed by atoms with E-state index < -0.39 is 11.7 Å². The zero-order chi connectivity index (χ0) is 19.5. The molecule has 0 aliphatic heterocycles. The summed E-state index contributed by atoms with van der Waals surface area (Å²) < 4.78 is 1.77. The number of Topliss-reactive ketones (excluding diaryl/α,β-unsaturated/α-hetero) is 1. The maximum atomic E-state index is 13.1. The Morgan fingerprint density at radius 2 is 1.75 bits per heavy atom. The summed E-state index contributed by atoms with van der Waals surface area (Å²) in [4.78, 5) is 29.6. The van der Waals surface area contributed by atoms with E-state index in [0.717, 1.165) is 27.8 Å². The fourth-order valence-electron chi connectivity index (χ4n) is 3.18. The number of rotatable bonds is 5. The number of hydrogen-bond acceptors (Lipinski definition) is 3. The maximum absolute atomic E-state index is 13.1. The molecule has 0 spiro atoms. The van der Waals surface area contributed by atoms with Crippen LogP contribution in [0.5, 0.6) is 0 Å². The summed E-state index contributed by atoms with van der Waals surface area (Å²) in [6, 6.07) is 19.1. The number of benzene rings is 1. The molecule has 1 aromatic carbocycles. The topological polar surface area (TPSA) is 63.5 Å². The first-order valence-corrected chi connectivity index (χ1v) is 9.02. The summed E-state index contributed by atoms with van der Waals surface area (Å²) in [5.74, 6) is -1.19. The van der Waals surface area contributed by atoms with Crippen LogP contribution in [0.15, 0.2) is 79.3 Å². The lowest BCUT2D eigenvalue weighted by Gasteiger charge is -2.08. The summed E-state index contributed by atoms with van der Waals surface area (Å²) in [6.07, 6.45) is 5.11. The van der Waals surface area contributed by atoms with Gasteiger partial charge in [0.05, 0.1) is 0 Å². The van der Waals surface area contributed by atoms with Crippen LogP contribution >= 0.6 is 0 Å². The molecule has 1 amide bonds. The minimum absolute atomic E-state index is 0.274. The highest BCUT2D eigenvalue weighted by molar-refractivity contribution is 6.43. The molecule has 0 aliphatic carbocycles. The number of carbonyl (C=O) groups excluding carboxylic acids is 2. The number of amides is 1. The first-order chi connectivity index (χ1) is 13.6. The molecule has 5 heteroatoms. The molecule has 138 valence electrons. The number of carbonyl (C=O) groups is 2. The lowest BCUT2D eigenvalue weighted by Crippen LogP contribution is -2.31. The molecule has 3 aromatic heterocycles. The Kier molecular flexibility index (Phi) is 4.72. The number of nitrogens with zero attached hydrogens (tertiary/aromatic N) is 2. The van der Waals surface area contributed by atoms with Gasteiger partial charge in [0.1, 0.15) is 5.69 Å². The Balaban J connectivity index is 1.70. The third-order valence-corrected chi connectivity index (χ3v) is 4.67. The second-order valence-corrected chi connectivity index (χ2v) is 6.64. The van der Waals surface area contributed by atoms with E-state index in [1.54, 1.807) is 35.1 Å². The Hall–Kier alpha value is -3.73. The van der Waals surface area contributed by atoms with E-state index in [2.05, 4.69) is 10.3 Å². The predicted molar refractivity (Wildman–Crippen MR) is 108 cm³/mol. The van der Waals surface area contributed by atoms with Gasteiger partial charge in [-0.25, -0.2) is 0 Å². The molecule has 1 N–H and O–H groups in total. The Morgan fingerprint density at radius 3 is 2.50 bits per heavy atom. The van der Waals surface area contributed by atoms with Crippen molar-refractivity contribution in [1.29, 1.82) is 0 Å². The second kappa shape index (κ2) is 7.48. The molecule has 0 radical (unpaired) electrons. The molecule has 0 unspecified atom stereocenters. The van der Waals surface area contributed by atoms with Crippen molar-refractivity contribution in [2.75, 3.05) is 0 Å². The van der Waals surface area contributed by atoms with Crippen LogP contribution in [0.25, 0.3) is 16.6 Å². The summed E-state index contributed by atoms with van der Waals surface area (Å²) in [5, 5.41) is 2.71. The number of hydrogen-bond donors (Lipinski definition) is 1. The van der Waals surface area contributed by atoms with Crippen molar-refractivity contribution < 1.29 is 9.59 Å². The van der Waals surface area contributed by atoms with Gasteiger partial charge in [0.25, 0.3) is 11.7 Å². The Bertz CT molecular complexity index is 1150. The quantitative estimate of drug-likeness (QED) is 0.430. The fourth-order valence-corrected chi connectivity index (χ4v) is 3.18. The fraction of sp³-hybridized carbons (Fsp3) is 0.0870. The van der Waals surface area contributed by atoms with Crippen molar-refractivity contribution in [3.63, 3.8) is 0 Å².